The number of halogens is 3. The van der Waals surface area contributed by atoms with Gasteiger partial charge in [0.25, 0.3) is 0 Å². The molecule has 1 aliphatic heterocycles. The van der Waals surface area contributed by atoms with Gasteiger partial charge in [0.05, 0.1) is 0 Å². The number of hydrogen-bond acceptors (Lipinski definition) is 2. The average Bonchev–Trinajstić information content (AvgIpc) is 2.84. The van der Waals surface area contributed by atoms with E-state index in [1.165, 1.54) is 12.1 Å². The molecule has 1 aromatic rings. The van der Waals surface area contributed by atoms with Crippen molar-refractivity contribution < 1.29 is 13.6 Å². The van der Waals surface area contributed by atoms with Gasteiger partial charge in [0, 0.05) is 19.5 Å². The lowest BCUT2D eigenvalue weighted by molar-refractivity contribution is -0.130. The van der Waals surface area contributed by atoms with E-state index in [1.807, 2.05) is 0 Å². The zero-order chi connectivity index (χ0) is 14.8. The van der Waals surface area contributed by atoms with Crippen LogP contribution in [0.1, 0.15) is 25.3 Å². The summed E-state index contributed by atoms with van der Waals surface area (Å²) < 4.78 is 26.6. The molecule has 1 heterocycles. The zero-order valence-corrected chi connectivity index (χ0v) is 12.9. The fraction of sp³-hybridized carbons (Fsp3) is 0.533. The Balaban J connectivity index is 0.00000220. The van der Waals surface area contributed by atoms with Gasteiger partial charge >= 0.3 is 0 Å². The Labute approximate surface area is 129 Å². The van der Waals surface area contributed by atoms with Crippen LogP contribution in [0, 0.1) is 17.0 Å². The van der Waals surface area contributed by atoms with E-state index in [1.54, 1.807) is 4.90 Å². The van der Waals surface area contributed by atoms with Gasteiger partial charge in [-0.3, -0.25) is 4.79 Å². The number of hydrogen-bond donors (Lipinski definition) is 1. The van der Waals surface area contributed by atoms with Gasteiger partial charge in [0.1, 0.15) is 0 Å². The standard InChI is InChI=1S/C15H20F2N2O.ClH/c1-15(9-18)7-8-19(10-15)13(20)6-5-11-3-2-4-12(16)14(11)17;/h2-4H,5-10,18H2,1H3;1H. The summed E-state index contributed by atoms with van der Waals surface area (Å²) in [5.41, 5.74) is 5.94. The summed E-state index contributed by atoms with van der Waals surface area (Å²) in [4.78, 5) is 13.9. The monoisotopic (exact) mass is 318 g/mol. The van der Waals surface area contributed by atoms with Crippen LogP contribution in [0.15, 0.2) is 18.2 Å². The minimum Gasteiger partial charge on any atom is -0.342 e. The van der Waals surface area contributed by atoms with E-state index in [0.29, 0.717) is 19.6 Å². The lowest BCUT2D eigenvalue weighted by Crippen LogP contribution is -2.34. The molecule has 21 heavy (non-hydrogen) atoms. The van der Waals surface area contributed by atoms with Crippen molar-refractivity contribution in [3.8, 4) is 0 Å². The molecule has 1 aliphatic rings. The third-order valence-corrected chi connectivity index (χ3v) is 4.04. The van der Waals surface area contributed by atoms with Gasteiger partial charge in [-0.2, -0.15) is 0 Å². The summed E-state index contributed by atoms with van der Waals surface area (Å²) in [6.07, 6.45) is 1.31. The first-order valence-electron chi connectivity index (χ1n) is 6.86. The smallest absolute Gasteiger partial charge is 0.222 e. The van der Waals surface area contributed by atoms with Gasteiger partial charge in [-0.25, -0.2) is 8.78 Å². The Morgan fingerprint density at radius 3 is 2.76 bits per heavy atom. The highest BCUT2D eigenvalue weighted by atomic mass is 35.5. The number of carbonyl (C=O) groups excluding carboxylic acids is 1. The van der Waals surface area contributed by atoms with Gasteiger partial charge in [-0.15, -0.1) is 12.4 Å². The second-order valence-corrected chi connectivity index (χ2v) is 5.79. The molecule has 0 aliphatic carbocycles. The molecule has 1 atom stereocenters. The second kappa shape index (κ2) is 7.18. The Morgan fingerprint density at radius 1 is 1.43 bits per heavy atom. The highest BCUT2D eigenvalue weighted by molar-refractivity contribution is 5.85. The lowest BCUT2D eigenvalue weighted by atomic mass is 9.90. The predicted octanol–water partition coefficient (Wildman–Crippen LogP) is 2.52. The molecule has 0 saturated carbocycles. The summed E-state index contributed by atoms with van der Waals surface area (Å²) >= 11 is 0. The van der Waals surface area contributed by atoms with Crippen molar-refractivity contribution in [3.05, 3.63) is 35.4 Å². The molecule has 0 aromatic heterocycles. The number of likely N-dealkylation sites (tertiary alicyclic amines) is 1. The van der Waals surface area contributed by atoms with Crippen molar-refractivity contribution in [1.82, 2.24) is 4.90 Å². The molecule has 0 spiro atoms. The summed E-state index contributed by atoms with van der Waals surface area (Å²) in [5, 5.41) is 0. The van der Waals surface area contributed by atoms with Crippen molar-refractivity contribution in [1.29, 1.82) is 0 Å². The van der Waals surface area contributed by atoms with Gasteiger partial charge in [0.15, 0.2) is 11.6 Å². The van der Waals surface area contributed by atoms with E-state index in [-0.39, 0.29) is 42.1 Å². The molecule has 2 N–H and O–H groups in total. The van der Waals surface area contributed by atoms with Crippen molar-refractivity contribution in [2.75, 3.05) is 19.6 Å². The highest BCUT2D eigenvalue weighted by Crippen LogP contribution is 2.29. The molecule has 2 rings (SSSR count). The van der Waals surface area contributed by atoms with Crippen LogP contribution >= 0.6 is 12.4 Å². The second-order valence-electron chi connectivity index (χ2n) is 5.79. The van der Waals surface area contributed by atoms with Gasteiger partial charge in [0.2, 0.25) is 5.91 Å². The topological polar surface area (TPSA) is 46.3 Å². The van der Waals surface area contributed by atoms with E-state index in [0.717, 1.165) is 12.5 Å². The van der Waals surface area contributed by atoms with E-state index in [4.69, 9.17) is 5.73 Å². The SMILES string of the molecule is CC1(CN)CCN(C(=O)CCc2cccc(F)c2F)C1.Cl. The van der Waals surface area contributed by atoms with Crippen molar-refractivity contribution >= 4 is 18.3 Å². The number of nitrogens with zero attached hydrogens (tertiary/aromatic N) is 1. The summed E-state index contributed by atoms with van der Waals surface area (Å²) in [6.45, 7) is 3.95. The first-order valence-corrected chi connectivity index (χ1v) is 6.86. The molecular weight excluding hydrogens is 298 g/mol. The van der Waals surface area contributed by atoms with Crippen LogP contribution in [0.2, 0.25) is 0 Å². The highest BCUT2D eigenvalue weighted by Gasteiger charge is 2.34. The normalized spacial score (nSPS) is 21.2. The van der Waals surface area contributed by atoms with E-state index >= 15 is 0 Å². The predicted molar refractivity (Wildman–Crippen MR) is 80.3 cm³/mol. The number of benzene rings is 1. The van der Waals surface area contributed by atoms with Crippen LogP contribution in [0.4, 0.5) is 8.78 Å². The van der Waals surface area contributed by atoms with Crippen molar-refractivity contribution in [2.45, 2.75) is 26.2 Å². The summed E-state index contributed by atoms with van der Waals surface area (Å²) in [7, 11) is 0. The average molecular weight is 319 g/mol. The molecule has 0 bridgehead atoms. The third kappa shape index (κ3) is 4.14. The third-order valence-electron chi connectivity index (χ3n) is 4.04. The molecule has 1 fully saturated rings. The molecule has 1 aromatic carbocycles. The minimum atomic E-state index is -0.869. The zero-order valence-electron chi connectivity index (χ0n) is 12.1. The van der Waals surface area contributed by atoms with E-state index in [2.05, 4.69) is 6.92 Å². The summed E-state index contributed by atoms with van der Waals surface area (Å²) in [6, 6.07) is 4.05. The van der Waals surface area contributed by atoms with Gasteiger partial charge in [-0.05, 0) is 36.4 Å². The van der Waals surface area contributed by atoms with Crippen molar-refractivity contribution in [2.24, 2.45) is 11.1 Å². The first-order chi connectivity index (χ1) is 9.45. The largest absolute Gasteiger partial charge is 0.342 e. The molecule has 6 heteroatoms. The number of nitrogens with two attached hydrogens (primary N) is 1. The molecular formula is C15H21ClF2N2O. The lowest BCUT2D eigenvalue weighted by Gasteiger charge is -2.22. The fourth-order valence-corrected chi connectivity index (χ4v) is 2.54. The van der Waals surface area contributed by atoms with Crippen LogP contribution in [-0.4, -0.2) is 30.4 Å². The van der Waals surface area contributed by atoms with Crippen LogP contribution in [-0.2, 0) is 11.2 Å². The maximum Gasteiger partial charge on any atom is 0.222 e. The van der Waals surface area contributed by atoms with Crippen molar-refractivity contribution in [3.63, 3.8) is 0 Å². The van der Waals surface area contributed by atoms with Gasteiger partial charge < -0.3 is 10.6 Å². The quantitative estimate of drug-likeness (QED) is 0.927. The molecule has 3 nitrogen and oxygen atoms in total. The molecule has 1 saturated heterocycles. The van der Waals surface area contributed by atoms with E-state index < -0.39 is 11.6 Å². The first kappa shape index (κ1) is 17.9. The Kier molecular flexibility index (Phi) is 6.10. The number of amides is 1. The minimum absolute atomic E-state index is 0. The number of aryl methyl sites for hydroxylation is 1. The Bertz CT molecular complexity index is 512. The summed E-state index contributed by atoms with van der Waals surface area (Å²) in [5.74, 6) is -1.74. The van der Waals surface area contributed by atoms with Crippen LogP contribution in [0.25, 0.3) is 0 Å². The molecule has 118 valence electrons. The van der Waals surface area contributed by atoms with Crippen LogP contribution < -0.4 is 5.73 Å². The fourth-order valence-electron chi connectivity index (χ4n) is 2.54. The number of rotatable bonds is 4. The maximum absolute atomic E-state index is 13.5. The van der Waals surface area contributed by atoms with Crippen LogP contribution in [0.5, 0.6) is 0 Å². The Morgan fingerprint density at radius 2 is 2.14 bits per heavy atom. The van der Waals surface area contributed by atoms with Gasteiger partial charge in [-0.1, -0.05) is 19.1 Å². The van der Waals surface area contributed by atoms with E-state index in [9.17, 15) is 13.6 Å². The Hall–Kier alpha value is -1.20. The molecule has 0 radical (unpaired) electrons. The number of carbonyl (C=O) groups is 1. The molecule has 1 unspecified atom stereocenters. The maximum atomic E-state index is 13.5. The van der Waals surface area contributed by atoms with Crippen LogP contribution in [0.3, 0.4) is 0 Å². The molecule has 1 amide bonds.